The molecule has 0 saturated heterocycles. The van der Waals surface area contributed by atoms with E-state index in [-0.39, 0.29) is 5.75 Å². The quantitative estimate of drug-likeness (QED) is 0.485. The van der Waals surface area contributed by atoms with E-state index < -0.39 is 10.2 Å². The lowest BCUT2D eigenvalue weighted by atomic mass is 9.88. The summed E-state index contributed by atoms with van der Waals surface area (Å²) < 4.78 is 38.9. The van der Waals surface area contributed by atoms with E-state index in [1.165, 1.54) is 6.07 Å². The molecule has 1 heterocycles. The van der Waals surface area contributed by atoms with E-state index in [9.17, 15) is 14.0 Å². The molecule has 5 nitrogen and oxygen atoms in total. The summed E-state index contributed by atoms with van der Waals surface area (Å²) >= 11 is 0. The van der Waals surface area contributed by atoms with Crippen LogP contribution in [-0.4, -0.2) is 4.98 Å². The lowest BCUT2D eigenvalue weighted by molar-refractivity contribution is -1.91. The van der Waals surface area contributed by atoms with Crippen molar-refractivity contribution in [2.75, 3.05) is 0 Å². The molecule has 4 rings (SSSR count). The van der Waals surface area contributed by atoms with Crippen LogP contribution < -0.4 is 18.3 Å². The Balaban J connectivity index is 2.24. The van der Waals surface area contributed by atoms with Crippen molar-refractivity contribution in [1.82, 2.24) is 4.98 Å². The van der Waals surface area contributed by atoms with E-state index >= 15 is 0 Å². The number of halogens is 1. The number of hydrogen-bond donors (Lipinski definition) is 0. The molecule has 0 saturated carbocycles. The second-order valence-electron chi connectivity index (χ2n) is 7.34. The fraction of sp³-hybridized carbons (Fsp3) is 0.174. The van der Waals surface area contributed by atoms with Gasteiger partial charge in [0.2, 0.25) is 0 Å². The second kappa shape index (κ2) is 6.97. The molecule has 0 bridgehead atoms. The second-order valence-corrected chi connectivity index (χ2v) is 8.25. The summed E-state index contributed by atoms with van der Waals surface area (Å²) in [5.74, 6) is -0.0237. The molecule has 0 spiro atoms. The van der Waals surface area contributed by atoms with Gasteiger partial charge in [0, 0.05) is 10.9 Å². The molecule has 0 N–H and O–H groups in total. The minimum atomic E-state index is -4.63. The summed E-state index contributed by atoms with van der Waals surface area (Å²) in [7, 11) is -4.63. The topological polar surface area (TPSA) is 91.3 Å². The fourth-order valence-electron chi connectivity index (χ4n) is 4.13. The zero-order chi connectivity index (χ0) is 20.9. The van der Waals surface area contributed by atoms with Crippen LogP contribution in [0, 0.1) is 37.9 Å². The predicted molar refractivity (Wildman–Crippen MR) is 104 cm³/mol. The molecule has 29 heavy (non-hydrogen) atoms. The van der Waals surface area contributed by atoms with Crippen molar-refractivity contribution in [3.05, 3.63) is 70.8 Å². The monoisotopic (exact) mass is 409 g/mol. The van der Waals surface area contributed by atoms with Gasteiger partial charge in [-0.25, -0.2) is 4.98 Å². The summed E-state index contributed by atoms with van der Waals surface area (Å²) in [5, 5.41) is 1.39. The van der Waals surface area contributed by atoms with Crippen LogP contribution >= 0.6 is 0 Å². The third-order valence-corrected chi connectivity index (χ3v) is 5.45. The zero-order valence-electron chi connectivity index (χ0n) is 16.6. The molecule has 0 aliphatic carbocycles. The minimum absolute atomic E-state index is 0.0237. The number of pyridine rings is 1. The number of benzene rings is 3. The Labute approximate surface area is 170 Å². The zero-order valence-corrected chi connectivity index (χ0v) is 17.3. The smallest absolute Gasteiger partial charge is 0.247 e. The predicted octanol–water partition coefficient (Wildman–Crippen LogP) is 2.56. The van der Waals surface area contributed by atoms with Crippen molar-refractivity contribution in [2.24, 2.45) is 0 Å². The lowest BCUT2D eigenvalue weighted by Crippen LogP contribution is -2.63. The molecule has 0 fully saturated rings. The summed E-state index contributed by atoms with van der Waals surface area (Å²) in [6, 6.07) is 15.0. The Morgan fingerprint density at radius 1 is 0.793 bits per heavy atom. The standard InChI is InChI=1S/C23H20ClNO4/c1-13-11-15(3)20(16(4)12-13)21-17-8-5-7-14(2)23(17)25-18-9-6-10-19(22(18)21)29-24(26,27)28/h5-12H,1-4H3. The van der Waals surface area contributed by atoms with Gasteiger partial charge in [-0.15, -0.1) is 0 Å². The van der Waals surface area contributed by atoms with E-state index in [2.05, 4.69) is 12.1 Å². The van der Waals surface area contributed by atoms with Gasteiger partial charge < -0.3 is 0 Å². The highest BCUT2D eigenvalue weighted by Gasteiger charge is 2.26. The first kappa shape index (κ1) is 19.6. The largest absolute Gasteiger partial charge is 0.298 e. The molecule has 3 aromatic carbocycles. The van der Waals surface area contributed by atoms with Crippen molar-refractivity contribution < 1.29 is 28.5 Å². The maximum absolute atomic E-state index is 11.4. The number of para-hydroxylation sites is 1. The molecule has 4 aromatic rings. The third-order valence-electron chi connectivity index (χ3n) is 5.10. The van der Waals surface area contributed by atoms with Crippen LogP contribution in [0.25, 0.3) is 32.9 Å². The first-order chi connectivity index (χ1) is 13.7. The molecule has 6 heteroatoms. The molecule has 0 aliphatic rings. The average Bonchev–Trinajstić information content (AvgIpc) is 2.60. The van der Waals surface area contributed by atoms with Crippen molar-refractivity contribution >= 4 is 21.8 Å². The van der Waals surface area contributed by atoms with Gasteiger partial charge in [0.25, 0.3) is 5.75 Å². The summed E-state index contributed by atoms with van der Waals surface area (Å²) in [6.45, 7) is 8.07. The third kappa shape index (κ3) is 3.54. The Bertz CT molecular complexity index is 1240. The van der Waals surface area contributed by atoms with Crippen molar-refractivity contribution in [3.8, 4) is 16.9 Å². The number of nitrogens with zero attached hydrogens (tertiary/aromatic N) is 1. The van der Waals surface area contributed by atoms with E-state index in [1.807, 2.05) is 45.9 Å². The Hall–Kier alpha value is -2.70. The van der Waals surface area contributed by atoms with E-state index in [0.29, 0.717) is 10.9 Å². The molecule has 148 valence electrons. The normalized spacial score (nSPS) is 12.0. The maximum atomic E-state index is 11.4. The lowest BCUT2D eigenvalue weighted by Gasteiger charge is -2.19. The number of aromatic nitrogens is 1. The van der Waals surface area contributed by atoms with Crippen LogP contribution in [-0.2, 0) is 0 Å². The number of rotatable bonds is 3. The van der Waals surface area contributed by atoms with Crippen molar-refractivity contribution in [2.45, 2.75) is 27.7 Å². The minimum Gasteiger partial charge on any atom is -0.247 e. The van der Waals surface area contributed by atoms with Gasteiger partial charge in [-0.3, -0.25) is 0 Å². The number of aryl methyl sites for hydroxylation is 4. The number of hydrogen-bond acceptors (Lipinski definition) is 5. The van der Waals surface area contributed by atoms with Crippen LogP contribution in [0.15, 0.2) is 48.5 Å². The van der Waals surface area contributed by atoms with E-state index in [4.69, 9.17) is 9.27 Å². The van der Waals surface area contributed by atoms with Gasteiger partial charge >= 0.3 is 0 Å². The molecular weight excluding hydrogens is 390 g/mol. The van der Waals surface area contributed by atoms with Gasteiger partial charge in [-0.05, 0) is 62.1 Å². The van der Waals surface area contributed by atoms with Crippen LogP contribution in [0.1, 0.15) is 22.3 Å². The summed E-state index contributed by atoms with van der Waals surface area (Å²) in [5.41, 5.74) is 7.44. The van der Waals surface area contributed by atoms with Crippen LogP contribution in [0.5, 0.6) is 5.75 Å². The highest BCUT2D eigenvalue weighted by molar-refractivity contribution is 6.13. The average molecular weight is 410 g/mol. The van der Waals surface area contributed by atoms with Crippen LogP contribution in [0.3, 0.4) is 0 Å². The van der Waals surface area contributed by atoms with Gasteiger partial charge in [0.15, 0.2) is 0 Å². The molecule has 0 radical (unpaired) electrons. The Morgan fingerprint density at radius 3 is 2.10 bits per heavy atom. The maximum Gasteiger partial charge on any atom is 0.298 e. The van der Waals surface area contributed by atoms with Crippen LogP contribution in [0.4, 0.5) is 0 Å². The van der Waals surface area contributed by atoms with Crippen molar-refractivity contribution in [1.29, 1.82) is 0 Å². The molecule has 1 aromatic heterocycles. The first-order valence-electron chi connectivity index (χ1n) is 9.16. The molecule has 0 aliphatic heterocycles. The SMILES string of the molecule is Cc1cc(C)c(-c2c3cccc(C)c3nc3cccc(O[Cl+3]([O-])([O-])[O-])c23)c(C)c1. The highest BCUT2D eigenvalue weighted by atomic mass is 35.7. The van der Waals surface area contributed by atoms with Gasteiger partial charge in [0.05, 0.1) is 16.4 Å². The van der Waals surface area contributed by atoms with Crippen molar-refractivity contribution in [3.63, 3.8) is 0 Å². The molecule has 0 amide bonds. The molecule has 0 unspecified atom stereocenters. The Morgan fingerprint density at radius 2 is 1.45 bits per heavy atom. The van der Waals surface area contributed by atoms with Gasteiger partial charge in [-0.2, -0.15) is 14.0 Å². The molecule has 0 atom stereocenters. The molecular formula is C23H20ClNO4. The van der Waals surface area contributed by atoms with Gasteiger partial charge in [-0.1, -0.05) is 46.3 Å². The first-order valence-corrected chi connectivity index (χ1v) is 10.4. The summed E-state index contributed by atoms with van der Waals surface area (Å²) in [4.78, 5) is 4.75. The van der Waals surface area contributed by atoms with E-state index in [0.717, 1.165) is 44.3 Å². The van der Waals surface area contributed by atoms with Gasteiger partial charge in [0.1, 0.15) is 10.2 Å². The fourth-order valence-corrected chi connectivity index (χ4v) is 4.46. The highest BCUT2D eigenvalue weighted by Crippen LogP contribution is 2.43. The van der Waals surface area contributed by atoms with E-state index in [1.54, 1.807) is 12.1 Å². The van der Waals surface area contributed by atoms with Crippen LogP contribution in [0.2, 0.25) is 0 Å². The Kier molecular flexibility index (Phi) is 4.71. The number of fused-ring (bicyclic) bond motifs is 2. The summed E-state index contributed by atoms with van der Waals surface area (Å²) in [6.07, 6.45) is 0.